The summed E-state index contributed by atoms with van der Waals surface area (Å²) in [7, 11) is 0. The zero-order chi connectivity index (χ0) is 7.90. The van der Waals surface area contributed by atoms with Crippen molar-refractivity contribution in [2.24, 2.45) is 0 Å². The first-order valence-corrected chi connectivity index (χ1v) is 6.46. The largest absolute Gasteiger partial charge is 0.371 e. The highest BCUT2D eigenvalue weighted by Crippen LogP contribution is 2.41. The molecule has 0 radical (unpaired) electrons. The van der Waals surface area contributed by atoms with Crippen LogP contribution >= 0.6 is 45.2 Å². The minimum absolute atomic E-state index is 0.409. The number of morpholine rings is 1. The molecule has 2 rings (SSSR count). The summed E-state index contributed by atoms with van der Waals surface area (Å²) in [5.41, 5.74) is 0. The standard InChI is InChI=1S/C7H11I2NO/c8-4-7(9)1-5-2-10-3-6(7)11-5/h5-6,10H,1-4H2. The molecule has 11 heavy (non-hydrogen) atoms. The fourth-order valence-electron chi connectivity index (χ4n) is 1.78. The lowest BCUT2D eigenvalue weighted by molar-refractivity contribution is 0.0152. The van der Waals surface area contributed by atoms with Crippen molar-refractivity contribution in [3.05, 3.63) is 0 Å². The molecule has 0 aromatic rings. The topological polar surface area (TPSA) is 21.3 Å². The third-order valence-corrected chi connectivity index (χ3v) is 6.76. The van der Waals surface area contributed by atoms with Gasteiger partial charge in [0.2, 0.25) is 0 Å². The molecule has 64 valence electrons. The second-order valence-corrected chi connectivity index (χ2v) is 6.19. The van der Waals surface area contributed by atoms with Crippen LogP contribution in [-0.2, 0) is 4.74 Å². The van der Waals surface area contributed by atoms with Crippen molar-refractivity contribution < 1.29 is 4.74 Å². The Morgan fingerprint density at radius 2 is 2.36 bits per heavy atom. The van der Waals surface area contributed by atoms with Gasteiger partial charge in [-0.1, -0.05) is 45.2 Å². The summed E-state index contributed by atoms with van der Waals surface area (Å²) in [6.45, 7) is 2.10. The third-order valence-electron chi connectivity index (χ3n) is 2.42. The number of nitrogens with one attached hydrogen (secondary N) is 1. The van der Waals surface area contributed by atoms with E-state index in [0.717, 1.165) is 13.1 Å². The van der Waals surface area contributed by atoms with Crippen molar-refractivity contribution in [2.75, 3.05) is 17.5 Å². The Bertz CT molecular complexity index is 167. The molecule has 2 bridgehead atoms. The summed E-state index contributed by atoms with van der Waals surface area (Å²) < 4.78 is 7.44. The number of hydrogen-bond acceptors (Lipinski definition) is 2. The molecule has 4 heteroatoms. The van der Waals surface area contributed by atoms with Gasteiger partial charge < -0.3 is 10.1 Å². The van der Waals surface area contributed by atoms with Crippen LogP contribution in [0.1, 0.15) is 6.42 Å². The second-order valence-electron chi connectivity index (χ2n) is 3.28. The number of halogens is 2. The van der Waals surface area contributed by atoms with E-state index in [1.54, 1.807) is 0 Å². The van der Waals surface area contributed by atoms with Crippen LogP contribution in [0.2, 0.25) is 0 Å². The molecule has 0 aromatic carbocycles. The Hall–Kier alpha value is 1.38. The molecule has 0 spiro atoms. The number of rotatable bonds is 1. The number of fused-ring (bicyclic) bond motifs is 2. The Balaban J connectivity index is 2.14. The molecule has 2 aliphatic heterocycles. The van der Waals surface area contributed by atoms with Gasteiger partial charge in [0.15, 0.2) is 0 Å². The minimum Gasteiger partial charge on any atom is -0.371 e. The van der Waals surface area contributed by atoms with Crippen LogP contribution in [0.3, 0.4) is 0 Å². The molecule has 0 aliphatic carbocycles. The lowest BCUT2D eigenvalue weighted by atomic mass is 10.0. The van der Waals surface area contributed by atoms with E-state index in [2.05, 4.69) is 50.5 Å². The van der Waals surface area contributed by atoms with Crippen molar-refractivity contribution in [3.63, 3.8) is 0 Å². The molecule has 2 fully saturated rings. The molecular formula is C7H11I2NO. The first kappa shape index (κ1) is 8.96. The normalized spacial score (nSPS) is 49.6. The van der Waals surface area contributed by atoms with E-state index in [9.17, 15) is 0 Å². The highest BCUT2D eigenvalue weighted by Gasteiger charge is 2.47. The SMILES string of the molecule is ICC1(I)CC2CNCC1O2. The Labute approximate surface area is 94.1 Å². The lowest BCUT2D eigenvalue weighted by Gasteiger charge is -2.27. The van der Waals surface area contributed by atoms with Gasteiger partial charge in [-0.15, -0.1) is 0 Å². The predicted molar refractivity (Wildman–Crippen MR) is 61.8 cm³/mol. The summed E-state index contributed by atoms with van der Waals surface area (Å²) >= 11 is 5.04. The molecule has 2 aliphatic rings. The fraction of sp³-hybridized carbons (Fsp3) is 1.00. The van der Waals surface area contributed by atoms with Crippen LogP contribution in [0.4, 0.5) is 0 Å². The van der Waals surface area contributed by atoms with Gasteiger partial charge in [0.25, 0.3) is 0 Å². The van der Waals surface area contributed by atoms with Gasteiger partial charge in [-0.25, -0.2) is 0 Å². The Morgan fingerprint density at radius 3 is 3.00 bits per heavy atom. The quantitative estimate of drug-likeness (QED) is 0.549. The van der Waals surface area contributed by atoms with E-state index < -0.39 is 0 Å². The molecule has 1 N–H and O–H groups in total. The van der Waals surface area contributed by atoms with Crippen LogP contribution in [0.5, 0.6) is 0 Å². The first-order valence-electron chi connectivity index (χ1n) is 3.86. The maximum absolute atomic E-state index is 5.83. The Morgan fingerprint density at radius 1 is 1.55 bits per heavy atom. The van der Waals surface area contributed by atoms with E-state index in [1.165, 1.54) is 10.8 Å². The molecule has 3 atom stereocenters. The maximum Gasteiger partial charge on any atom is 0.0857 e. The predicted octanol–water partition coefficient (Wildman–Crippen LogP) is 1.36. The third kappa shape index (κ3) is 1.55. The van der Waals surface area contributed by atoms with Gasteiger partial charge in [0.1, 0.15) is 0 Å². The van der Waals surface area contributed by atoms with Crippen molar-refractivity contribution in [2.45, 2.75) is 22.1 Å². The van der Waals surface area contributed by atoms with Crippen LogP contribution in [0, 0.1) is 0 Å². The average molecular weight is 379 g/mol. The van der Waals surface area contributed by atoms with Crippen LogP contribution < -0.4 is 5.32 Å². The fourth-order valence-corrected chi connectivity index (χ4v) is 3.44. The molecule has 0 saturated carbocycles. The van der Waals surface area contributed by atoms with Gasteiger partial charge in [0, 0.05) is 17.5 Å². The van der Waals surface area contributed by atoms with Gasteiger partial charge >= 0.3 is 0 Å². The summed E-state index contributed by atoms with van der Waals surface area (Å²) in [6.07, 6.45) is 2.17. The van der Waals surface area contributed by atoms with E-state index in [4.69, 9.17) is 4.74 Å². The van der Waals surface area contributed by atoms with Gasteiger partial charge in [0.05, 0.1) is 15.6 Å². The summed E-state index contributed by atoms with van der Waals surface area (Å²) in [4.78, 5) is 0. The zero-order valence-electron chi connectivity index (χ0n) is 6.15. The molecule has 0 amide bonds. The average Bonchev–Trinajstić information content (AvgIpc) is 2.25. The van der Waals surface area contributed by atoms with Gasteiger partial charge in [-0.2, -0.15) is 0 Å². The second kappa shape index (κ2) is 3.26. The molecule has 2 nitrogen and oxygen atoms in total. The highest BCUT2D eigenvalue weighted by atomic mass is 127. The van der Waals surface area contributed by atoms with Crippen LogP contribution in [0.25, 0.3) is 0 Å². The van der Waals surface area contributed by atoms with Gasteiger partial charge in [-0.3, -0.25) is 0 Å². The highest BCUT2D eigenvalue weighted by molar-refractivity contribution is 14.1. The van der Waals surface area contributed by atoms with Crippen molar-refractivity contribution in [3.8, 4) is 0 Å². The summed E-state index contributed by atoms with van der Waals surface area (Å²) in [5, 5.41) is 3.40. The van der Waals surface area contributed by atoms with Crippen molar-refractivity contribution >= 4 is 45.2 Å². The lowest BCUT2D eigenvalue weighted by Crippen LogP contribution is -2.43. The first-order chi connectivity index (χ1) is 5.24. The molecule has 3 unspecified atom stereocenters. The zero-order valence-corrected chi connectivity index (χ0v) is 10.5. The van der Waals surface area contributed by atoms with E-state index in [1.807, 2.05) is 0 Å². The minimum atomic E-state index is 0.409. The summed E-state index contributed by atoms with van der Waals surface area (Å²) in [6, 6.07) is 0. The van der Waals surface area contributed by atoms with E-state index >= 15 is 0 Å². The van der Waals surface area contributed by atoms with Crippen molar-refractivity contribution in [1.29, 1.82) is 0 Å². The van der Waals surface area contributed by atoms with Crippen LogP contribution in [-0.4, -0.2) is 33.1 Å². The van der Waals surface area contributed by atoms with Gasteiger partial charge in [-0.05, 0) is 6.42 Å². The van der Waals surface area contributed by atoms with E-state index in [-0.39, 0.29) is 0 Å². The smallest absolute Gasteiger partial charge is 0.0857 e. The molecule has 2 saturated heterocycles. The monoisotopic (exact) mass is 379 g/mol. The number of ether oxygens (including phenoxy) is 1. The molecule has 0 aromatic heterocycles. The Kier molecular flexibility index (Phi) is 2.66. The summed E-state index contributed by atoms with van der Waals surface area (Å²) in [5.74, 6) is 0. The van der Waals surface area contributed by atoms with Crippen LogP contribution in [0.15, 0.2) is 0 Å². The molecule has 2 heterocycles. The number of alkyl halides is 2. The maximum atomic E-state index is 5.83. The van der Waals surface area contributed by atoms with Crippen molar-refractivity contribution in [1.82, 2.24) is 5.32 Å². The van der Waals surface area contributed by atoms with E-state index in [0.29, 0.717) is 15.6 Å². The number of hydrogen-bond donors (Lipinski definition) is 1. The molecular weight excluding hydrogens is 368 g/mol.